The molecule has 2 saturated heterocycles. The lowest BCUT2D eigenvalue weighted by atomic mass is 10.2. The fraction of sp³-hybridized carbons (Fsp3) is 1.00. The first kappa shape index (κ1) is 15.5. The summed E-state index contributed by atoms with van der Waals surface area (Å²) >= 11 is 5.92. The monoisotopic (exact) mass is 330 g/mol. The molecule has 9 heteroatoms. The van der Waals surface area contributed by atoms with E-state index >= 15 is 0 Å². The molecule has 0 spiro atoms. The van der Waals surface area contributed by atoms with Crippen LogP contribution in [-0.2, 0) is 20.0 Å². The number of hydrogen-bond donors (Lipinski definition) is 1. The van der Waals surface area contributed by atoms with Crippen LogP contribution in [-0.4, -0.2) is 57.2 Å². The first-order chi connectivity index (χ1) is 8.80. The molecule has 0 aromatic heterocycles. The Morgan fingerprint density at radius 2 is 1.63 bits per heavy atom. The highest BCUT2D eigenvalue weighted by atomic mass is 35.5. The van der Waals surface area contributed by atoms with Gasteiger partial charge in [0, 0.05) is 13.1 Å². The highest BCUT2D eigenvalue weighted by Gasteiger charge is 2.39. The maximum Gasteiger partial charge on any atom is 0.279 e. The molecule has 0 bridgehead atoms. The van der Waals surface area contributed by atoms with Gasteiger partial charge in [-0.25, -0.2) is 8.42 Å². The normalized spacial score (nSPS) is 33.1. The van der Waals surface area contributed by atoms with Gasteiger partial charge in [-0.1, -0.05) is 12.8 Å². The van der Waals surface area contributed by atoms with Crippen LogP contribution in [0.4, 0.5) is 0 Å². The minimum atomic E-state index is -3.64. The topological polar surface area (TPSA) is 83.5 Å². The van der Waals surface area contributed by atoms with Crippen molar-refractivity contribution < 1.29 is 16.8 Å². The summed E-state index contributed by atoms with van der Waals surface area (Å²) in [5.74, 6) is -0.379. The summed E-state index contributed by atoms with van der Waals surface area (Å²) in [4.78, 5) is 0. The Balaban J connectivity index is 2.04. The van der Waals surface area contributed by atoms with E-state index in [1.165, 1.54) is 4.31 Å². The molecule has 2 aliphatic heterocycles. The average molecular weight is 331 g/mol. The van der Waals surface area contributed by atoms with Crippen LogP contribution >= 0.6 is 11.6 Å². The molecule has 1 N–H and O–H groups in total. The quantitative estimate of drug-likeness (QED) is 0.744. The van der Waals surface area contributed by atoms with Gasteiger partial charge in [0.1, 0.15) is 0 Å². The molecule has 2 rings (SSSR count). The molecule has 0 aromatic rings. The summed E-state index contributed by atoms with van der Waals surface area (Å²) < 4.78 is 51.1. The van der Waals surface area contributed by atoms with E-state index in [1.54, 1.807) is 0 Å². The van der Waals surface area contributed by atoms with Crippen molar-refractivity contribution in [1.29, 1.82) is 0 Å². The van der Waals surface area contributed by atoms with Crippen molar-refractivity contribution in [2.45, 2.75) is 37.1 Å². The molecular formula is C10H19ClN2O4S2. The number of hydrogen-bond acceptors (Lipinski definition) is 4. The van der Waals surface area contributed by atoms with Gasteiger partial charge in [0.25, 0.3) is 10.2 Å². The van der Waals surface area contributed by atoms with Gasteiger partial charge in [0.15, 0.2) is 9.84 Å². The highest BCUT2D eigenvalue weighted by molar-refractivity contribution is 7.92. The first-order valence-corrected chi connectivity index (χ1v) is 10.1. The molecule has 0 aliphatic carbocycles. The van der Waals surface area contributed by atoms with E-state index in [-0.39, 0.29) is 11.5 Å². The zero-order valence-corrected chi connectivity index (χ0v) is 13.0. The minimum absolute atomic E-state index is 0.165. The maximum absolute atomic E-state index is 12.2. The molecule has 0 radical (unpaired) electrons. The van der Waals surface area contributed by atoms with Crippen LogP contribution in [0.5, 0.6) is 0 Å². The Kier molecular flexibility index (Phi) is 4.77. The van der Waals surface area contributed by atoms with Crippen molar-refractivity contribution in [3.05, 3.63) is 0 Å². The van der Waals surface area contributed by atoms with Crippen LogP contribution in [0, 0.1) is 0 Å². The van der Waals surface area contributed by atoms with E-state index in [1.807, 2.05) is 0 Å². The second-order valence-electron chi connectivity index (χ2n) is 5.14. The molecule has 112 valence electrons. The highest BCUT2D eigenvalue weighted by Crippen LogP contribution is 2.20. The van der Waals surface area contributed by atoms with E-state index in [2.05, 4.69) is 4.72 Å². The summed E-state index contributed by atoms with van der Waals surface area (Å²) in [6.45, 7) is 0.976. The Hall–Kier alpha value is 0.110. The third kappa shape index (κ3) is 4.04. The lowest BCUT2D eigenvalue weighted by Gasteiger charge is -2.23. The third-order valence-electron chi connectivity index (χ3n) is 3.49. The van der Waals surface area contributed by atoms with Gasteiger partial charge in [0.05, 0.1) is 22.9 Å². The third-order valence-corrected chi connectivity index (χ3v) is 7.51. The van der Waals surface area contributed by atoms with E-state index in [4.69, 9.17) is 11.6 Å². The first-order valence-electron chi connectivity index (χ1n) is 6.42. The lowest BCUT2D eigenvalue weighted by molar-refractivity contribution is 0.409. The number of nitrogens with one attached hydrogen (secondary N) is 1. The number of sulfone groups is 1. The number of halogens is 1. The summed E-state index contributed by atoms with van der Waals surface area (Å²) in [5, 5.41) is -0.688. The molecule has 2 aliphatic rings. The van der Waals surface area contributed by atoms with E-state index in [0.29, 0.717) is 13.1 Å². The standard InChI is InChI=1S/C10H19ClN2O4S2/c11-9-7-18(14,15)8-10(9)12-19(16,17)13-5-3-1-2-4-6-13/h9-10,12H,1-8H2. The van der Waals surface area contributed by atoms with Crippen molar-refractivity contribution in [3.8, 4) is 0 Å². The Morgan fingerprint density at radius 3 is 2.11 bits per heavy atom. The van der Waals surface area contributed by atoms with Crippen molar-refractivity contribution >= 4 is 31.6 Å². The Labute approximate surface area is 119 Å². The van der Waals surface area contributed by atoms with Crippen molar-refractivity contribution in [2.75, 3.05) is 24.6 Å². The average Bonchev–Trinajstić information content (AvgIpc) is 2.51. The number of alkyl halides is 1. The van der Waals surface area contributed by atoms with Gasteiger partial charge >= 0.3 is 0 Å². The summed E-state index contributed by atoms with van der Waals surface area (Å²) in [5.41, 5.74) is 0. The predicted octanol–water partition coefficient (Wildman–Crippen LogP) is 0.101. The van der Waals surface area contributed by atoms with Gasteiger partial charge in [0.2, 0.25) is 0 Å². The van der Waals surface area contributed by atoms with Crippen LogP contribution in [0.25, 0.3) is 0 Å². The lowest BCUT2D eigenvalue weighted by Crippen LogP contribution is -2.48. The molecule has 2 unspecified atom stereocenters. The largest absolute Gasteiger partial charge is 0.279 e. The Bertz CT molecular complexity index is 512. The number of rotatable bonds is 3. The predicted molar refractivity (Wildman–Crippen MR) is 74.2 cm³/mol. The summed E-state index contributed by atoms with van der Waals surface area (Å²) in [6.07, 6.45) is 3.74. The van der Waals surface area contributed by atoms with Crippen molar-refractivity contribution in [1.82, 2.24) is 9.03 Å². The summed E-state index contributed by atoms with van der Waals surface area (Å²) in [7, 11) is -6.87. The molecule has 6 nitrogen and oxygen atoms in total. The maximum atomic E-state index is 12.2. The molecule has 0 aromatic carbocycles. The van der Waals surface area contributed by atoms with Crippen LogP contribution in [0.1, 0.15) is 25.7 Å². The van der Waals surface area contributed by atoms with Crippen molar-refractivity contribution in [3.63, 3.8) is 0 Å². The van der Waals surface area contributed by atoms with Gasteiger partial charge in [-0.3, -0.25) is 0 Å². The van der Waals surface area contributed by atoms with Gasteiger partial charge in [-0.2, -0.15) is 17.4 Å². The SMILES string of the molecule is O=S1(=O)CC(Cl)C(NS(=O)(=O)N2CCCCCC2)C1. The zero-order valence-electron chi connectivity index (χ0n) is 10.6. The molecule has 19 heavy (non-hydrogen) atoms. The van der Waals surface area contributed by atoms with Crippen LogP contribution < -0.4 is 4.72 Å². The van der Waals surface area contributed by atoms with E-state index in [9.17, 15) is 16.8 Å². The van der Waals surface area contributed by atoms with Gasteiger partial charge in [-0.15, -0.1) is 11.6 Å². The van der Waals surface area contributed by atoms with E-state index in [0.717, 1.165) is 25.7 Å². The van der Waals surface area contributed by atoms with Crippen molar-refractivity contribution in [2.24, 2.45) is 0 Å². The van der Waals surface area contributed by atoms with Crippen LogP contribution in [0.15, 0.2) is 0 Å². The second kappa shape index (κ2) is 5.85. The smallest absolute Gasteiger partial charge is 0.229 e. The van der Waals surface area contributed by atoms with Gasteiger partial charge in [-0.05, 0) is 12.8 Å². The molecule has 2 fully saturated rings. The number of nitrogens with zero attached hydrogens (tertiary/aromatic N) is 1. The molecule has 0 saturated carbocycles. The zero-order chi connectivity index (χ0) is 14.1. The summed E-state index contributed by atoms with van der Waals surface area (Å²) in [6, 6.07) is -0.722. The van der Waals surface area contributed by atoms with Gasteiger partial charge < -0.3 is 0 Å². The Morgan fingerprint density at radius 1 is 1.05 bits per heavy atom. The second-order valence-corrected chi connectivity index (χ2v) is 9.55. The van der Waals surface area contributed by atoms with Crippen LogP contribution in [0.2, 0.25) is 0 Å². The fourth-order valence-corrected chi connectivity index (χ4v) is 6.71. The molecule has 2 atom stereocenters. The molecule has 2 heterocycles. The van der Waals surface area contributed by atoms with Crippen LogP contribution in [0.3, 0.4) is 0 Å². The van der Waals surface area contributed by atoms with E-state index < -0.39 is 31.5 Å². The fourth-order valence-electron chi connectivity index (χ4n) is 2.46. The molecule has 0 amide bonds. The molecular weight excluding hydrogens is 312 g/mol. The minimum Gasteiger partial charge on any atom is -0.229 e.